The Kier molecular flexibility index (Phi) is 18.8. The van der Waals surface area contributed by atoms with E-state index in [2.05, 4.69) is 49.9 Å². The third kappa shape index (κ3) is 14.3. The summed E-state index contributed by atoms with van der Waals surface area (Å²) in [4.78, 5) is 34.9. The number of carbonyl (C=O) groups excluding carboxylic acids is 2. The maximum absolute atomic E-state index is 12.1. The van der Waals surface area contributed by atoms with Crippen LogP contribution in [-0.2, 0) is 9.59 Å². The van der Waals surface area contributed by atoms with Crippen LogP contribution >= 0.6 is 34.8 Å². The molecule has 0 spiro atoms. The molecule has 2 fully saturated rings. The first-order valence-electron chi connectivity index (χ1n) is 18.1. The first-order valence-corrected chi connectivity index (χ1v) is 19.2. The van der Waals surface area contributed by atoms with Gasteiger partial charge in [0.25, 0.3) is 11.8 Å². The van der Waals surface area contributed by atoms with E-state index in [1.165, 1.54) is 9.80 Å². The Morgan fingerprint density at radius 3 is 1.65 bits per heavy atom. The summed E-state index contributed by atoms with van der Waals surface area (Å²) >= 11 is 17.7. The van der Waals surface area contributed by atoms with Crippen molar-refractivity contribution < 1.29 is 84.1 Å². The molecule has 6 aromatic rings. The molecular weight excluding hydrogens is 894 g/mol. The summed E-state index contributed by atoms with van der Waals surface area (Å²) in [7, 11) is -0.344. The molecule has 312 valence electrons. The molecule has 62 heavy (non-hydrogen) atoms. The number of benzene rings is 2. The van der Waals surface area contributed by atoms with Crippen molar-refractivity contribution in [2.75, 3.05) is 27.2 Å². The van der Waals surface area contributed by atoms with Crippen molar-refractivity contribution in [3.8, 4) is 46.3 Å². The largest absolute Gasteiger partial charge is 1.00 e. The van der Waals surface area contributed by atoms with Gasteiger partial charge in [0.15, 0.2) is 0 Å². The van der Waals surface area contributed by atoms with E-state index in [0.717, 1.165) is 22.5 Å². The number of aromatic nitrogens is 6. The second kappa shape index (κ2) is 23.3. The number of halogens is 6. The quantitative estimate of drug-likeness (QED) is 0.119. The zero-order valence-electron chi connectivity index (χ0n) is 33.4. The molecular formula is C42H34BCl3F3KN8O4. The van der Waals surface area contributed by atoms with Gasteiger partial charge in [0, 0.05) is 94.1 Å². The van der Waals surface area contributed by atoms with Gasteiger partial charge in [0.2, 0.25) is 11.2 Å². The van der Waals surface area contributed by atoms with E-state index < -0.39 is 18.7 Å². The number of likely N-dealkylation sites (N-methyl/N-ethyl adjacent to an activating group) is 2. The number of carbonyl (C=O) groups is 2. The molecule has 8 rings (SSSR count). The number of aliphatic hydroxyl groups is 2. The molecule has 0 aliphatic carbocycles. The number of hydrogen-bond acceptors (Lipinski definition) is 8. The normalized spacial score (nSPS) is 17.3. The molecule has 4 aromatic heterocycles. The van der Waals surface area contributed by atoms with E-state index in [0.29, 0.717) is 52.6 Å². The molecule has 12 nitrogen and oxygen atoms in total. The second-order valence-electron chi connectivity index (χ2n) is 13.2. The second-order valence-corrected chi connectivity index (χ2v) is 14.4. The Hall–Kier alpha value is -4.50. The zero-order chi connectivity index (χ0) is 44.2. The van der Waals surface area contributed by atoms with Crippen molar-refractivity contribution in [1.82, 2.24) is 39.3 Å². The Morgan fingerprint density at radius 2 is 1.19 bits per heavy atom. The van der Waals surface area contributed by atoms with E-state index >= 15 is 0 Å². The molecule has 20 heteroatoms. The number of amides is 2. The summed E-state index contributed by atoms with van der Waals surface area (Å²) in [5.74, 6) is 10.4. The van der Waals surface area contributed by atoms with E-state index in [1.54, 1.807) is 66.2 Å². The summed E-state index contributed by atoms with van der Waals surface area (Å²) in [6.45, 7) is 1.04. The molecule has 2 saturated heterocycles. The SMILES string of the molecule is CN1CC[C@@](O)(C#Cc2c[c-]ccc2)C1=O.CN1CC[C@@](O)(C#Cc2cccc(-c3cc(-n4cccn4)cc(Cl)n3)c2)C1=O.Clc1cc(-n2cccn2)cc(Cl)n1.FB(F)F.[K+]. The predicted molar refractivity (Wildman–Crippen MR) is 226 cm³/mol. The molecule has 2 aliphatic rings. The average molecular weight is 928 g/mol. The van der Waals surface area contributed by atoms with Gasteiger partial charge in [0.1, 0.15) is 15.5 Å². The van der Waals surface area contributed by atoms with E-state index in [1.807, 2.05) is 67.0 Å². The van der Waals surface area contributed by atoms with Gasteiger partial charge < -0.3 is 20.0 Å². The molecule has 0 bridgehead atoms. The first-order chi connectivity index (χ1) is 29.0. The van der Waals surface area contributed by atoms with Crippen LogP contribution in [0.5, 0.6) is 0 Å². The predicted octanol–water partition coefficient (Wildman–Crippen LogP) is 3.42. The van der Waals surface area contributed by atoms with Gasteiger partial charge in [-0.25, -0.2) is 19.3 Å². The standard InChI is InChI=1S/C21H17ClN4O2.C13H12NO2.C8H5Cl2N3.BF3.K/c1-25-11-8-21(28,20(25)27)7-6-15-4-2-5-16(12-15)18-13-17(14-19(22)24-18)26-10-3-9-23-26;1-14-10-9-13(16,12(14)15)8-7-11-5-3-2-4-6-11;9-7-4-6(5-8(10)12-7)13-3-1-2-11-13;2-1(3)4;/h2-5,9-10,12-14,28H,8,11H2,1H3;2-3,5-6,16H,9-10H2,1H3;1-5H;;/q;-1;;;+1/t21-;13-;;;/m00.../s1. The van der Waals surface area contributed by atoms with Gasteiger partial charge in [0.05, 0.1) is 17.1 Å². The smallest absolute Gasteiger partial charge is 0.369 e. The van der Waals surface area contributed by atoms with E-state index in [4.69, 9.17) is 34.8 Å². The van der Waals surface area contributed by atoms with Crippen molar-refractivity contribution >= 4 is 54.2 Å². The number of nitrogens with zero attached hydrogens (tertiary/aromatic N) is 8. The number of likely N-dealkylation sites (tertiary alicyclic amines) is 2. The van der Waals surface area contributed by atoms with Crippen molar-refractivity contribution in [3.05, 3.63) is 142 Å². The molecule has 2 amide bonds. The fourth-order valence-electron chi connectivity index (χ4n) is 5.71. The van der Waals surface area contributed by atoms with Crippen molar-refractivity contribution in [3.63, 3.8) is 0 Å². The maximum atomic E-state index is 12.1. The fourth-order valence-corrected chi connectivity index (χ4v) is 6.36. The van der Waals surface area contributed by atoms with Gasteiger partial charge in [-0.3, -0.25) is 22.5 Å². The molecule has 2 aromatic carbocycles. The average Bonchev–Trinajstić information content (AvgIpc) is 4.06. The van der Waals surface area contributed by atoms with Crippen LogP contribution in [0.15, 0.2) is 110 Å². The molecule has 2 atom stereocenters. The third-order valence-electron chi connectivity index (χ3n) is 8.78. The molecule has 6 heterocycles. The number of pyridine rings is 2. The first kappa shape index (κ1) is 50.1. The van der Waals surface area contributed by atoms with Crippen molar-refractivity contribution in [1.29, 1.82) is 0 Å². The van der Waals surface area contributed by atoms with E-state index in [9.17, 15) is 32.7 Å². The summed E-state index contributed by atoms with van der Waals surface area (Å²) in [6, 6.07) is 28.1. The Labute approximate surface area is 413 Å². The van der Waals surface area contributed by atoms with Gasteiger partial charge >= 0.3 is 58.9 Å². The minimum atomic E-state index is -3.67. The molecule has 2 aliphatic heterocycles. The number of hydrogen-bond donors (Lipinski definition) is 2. The minimum absolute atomic E-state index is 0. The summed E-state index contributed by atoms with van der Waals surface area (Å²) in [5.41, 5.74) is 1.40. The van der Waals surface area contributed by atoms with Gasteiger partial charge in [-0.15, -0.1) is 5.92 Å². The van der Waals surface area contributed by atoms with Gasteiger partial charge in [-0.1, -0.05) is 70.3 Å². The van der Waals surface area contributed by atoms with Crippen LogP contribution in [0.2, 0.25) is 15.5 Å². The summed E-state index contributed by atoms with van der Waals surface area (Å²) < 4.78 is 32.4. The van der Waals surface area contributed by atoms with Crippen LogP contribution in [0, 0.1) is 29.7 Å². The van der Waals surface area contributed by atoms with Gasteiger partial charge in [-0.05, 0) is 30.3 Å². The molecule has 0 radical (unpaired) electrons. The fraction of sp³-hybridized carbons (Fsp3) is 0.190. The summed E-state index contributed by atoms with van der Waals surface area (Å²) in [6.07, 6.45) is 7.68. The topological polar surface area (TPSA) is 142 Å². The Balaban J connectivity index is 0.000000210. The van der Waals surface area contributed by atoms with Crippen molar-refractivity contribution in [2.45, 2.75) is 24.0 Å². The monoisotopic (exact) mass is 926 g/mol. The van der Waals surface area contributed by atoms with Crippen LogP contribution in [0.1, 0.15) is 24.0 Å². The minimum Gasteiger partial charge on any atom is -0.369 e. The van der Waals surface area contributed by atoms with Gasteiger partial charge in [-0.2, -0.15) is 40.5 Å². The zero-order valence-corrected chi connectivity index (χ0v) is 38.7. The van der Waals surface area contributed by atoms with Crippen LogP contribution in [-0.4, -0.2) is 107 Å². The Morgan fingerprint density at radius 1 is 0.710 bits per heavy atom. The molecule has 2 N–H and O–H groups in total. The van der Waals surface area contributed by atoms with Crippen LogP contribution in [0.25, 0.3) is 22.6 Å². The maximum Gasteiger partial charge on any atom is 1.00 e. The van der Waals surface area contributed by atoms with Crippen molar-refractivity contribution in [2.24, 2.45) is 0 Å². The van der Waals surface area contributed by atoms with Crippen LogP contribution in [0.4, 0.5) is 12.9 Å². The molecule has 0 unspecified atom stereocenters. The van der Waals surface area contributed by atoms with E-state index in [-0.39, 0.29) is 63.2 Å². The molecule has 0 saturated carbocycles. The summed E-state index contributed by atoms with van der Waals surface area (Å²) in [5, 5.41) is 29.8. The Bertz CT molecular complexity index is 2560. The number of rotatable bonds is 3. The van der Waals surface area contributed by atoms with Crippen LogP contribution in [0.3, 0.4) is 0 Å². The third-order valence-corrected chi connectivity index (χ3v) is 9.36. The van der Waals surface area contributed by atoms with Crippen LogP contribution < -0.4 is 51.4 Å².